The molecule has 1 heterocycles. The fraction of sp³-hybridized carbons (Fsp3) is 0.250. The number of hydrogen-bond acceptors (Lipinski definition) is 6. The molecular formula is C16H18N2O5S2. The van der Waals surface area contributed by atoms with Crippen LogP contribution in [0.1, 0.15) is 28.2 Å². The molecule has 0 aliphatic heterocycles. The number of nitrogens with one attached hydrogen (secondary N) is 2. The van der Waals surface area contributed by atoms with Crippen molar-refractivity contribution in [2.45, 2.75) is 17.9 Å². The van der Waals surface area contributed by atoms with Gasteiger partial charge in [0, 0.05) is 4.88 Å². The number of hydrogen-bond donors (Lipinski definition) is 2. The van der Waals surface area contributed by atoms with Gasteiger partial charge in [0.05, 0.1) is 16.5 Å². The van der Waals surface area contributed by atoms with E-state index < -0.39 is 28.5 Å². The van der Waals surface area contributed by atoms with Gasteiger partial charge in [0.2, 0.25) is 10.0 Å². The Morgan fingerprint density at radius 2 is 2.00 bits per heavy atom. The van der Waals surface area contributed by atoms with E-state index >= 15 is 0 Å². The van der Waals surface area contributed by atoms with Gasteiger partial charge in [0.15, 0.2) is 6.61 Å². The first kappa shape index (κ1) is 19.1. The van der Waals surface area contributed by atoms with E-state index in [1.165, 1.54) is 42.6 Å². The summed E-state index contributed by atoms with van der Waals surface area (Å²) in [6, 6.07) is 9.00. The average Bonchev–Trinajstić information content (AvgIpc) is 3.14. The molecule has 1 atom stereocenters. The van der Waals surface area contributed by atoms with Crippen molar-refractivity contribution in [3.8, 4) is 0 Å². The summed E-state index contributed by atoms with van der Waals surface area (Å²) in [6.07, 6.45) is 0. The summed E-state index contributed by atoms with van der Waals surface area (Å²) in [5, 5.41) is 4.63. The van der Waals surface area contributed by atoms with E-state index in [9.17, 15) is 18.0 Å². The molecule has 134 valence electrons. The van der Waals surface area contributed by atoms with Crippen LogP contribution < -0.4 is 10.0 Å². The first-order valence-electron chi connectivity index (χ1n) is 7.37. The van der Waals surface area contributed by atoms with E-state index in [2.05, 4.69) is 10.0 Å². The minimum atomic E-state index is -3.66. The molecular weight excluding hydrogens is 364 g/mol. The molecule has 0 radical (unpaired) electrons. The first-order valence-corrected chi connectivity index (χ1v) is 9.73. The lowest BCUT2D eigenvalue weighted by Gasteiger charge is -2.12. The Bertz CT molecular complexity index is 847. The van der Waals surface area contributed by atoms with Gasteiger partial charge in [0.25, 0.3) is 5.91 Å². The van der Waals surface area contributed by atoms with Gasteiger partial charge in [-0.3, -0.25) is 4.79 Å². The van der Waals surface area contributed by atoms with Crippen LogP contribution in [0.3, 0.4) is 0 Å². The maximum atomic E-state index is 12.0. The van der Waals surface area contributed by atoms with Crippen LogP contribution in [0.5, 0.6) is 0 Å². The highest BCUT2D eigenvalue weighted by atomic mass is 32.2. The molecule has 25 heavy (non-hydrogen) atoms. The third-order valence-corrected chi connectivity index (χ3v) is 5.80. The van der Waals surface area contributed by atoms with Crippen molar-refractivity contribution in [3.63, 3.8) is 0 Å². The van der Waals surface area contributed by atoms with Crippen molar-refractivity contribution in [2.75, 3.05) is 13.7 Å². The molecule has 0 bridgehead atoms. The normalized spacial score (nSPS) is 12.4. The zero-order chi connectivity index (χ0) is 18.4. The molecule has 1 amide bonds. The fourth-order valence-electron chi connectivity index (χ4n) is 2.01. The van der Waals surface area contributed by atoms with E-state index in [0.29, 0.717) is 0 Å². The highest BCUT2D eigenvalue weighted by molar-refractivity contribution is 7.89. The first-order chi connectivity index (χ1) is 11.8. The van der Waals surface area contributed by atoms with E-state index in [1.807, 2.05) is 24.4 Å². The smallest absolute Gasteiger partial charge is 0.338 e. The number of thiophene rings is 1. The van der Waals surface area contributed by atoms with Crippen molar-refractivity contribution >= 4 is 33.2 Å². The summed E-state index contributed by atoms with van der Waals surface area (Å²) >= 11 is 1.51. The number of rotatable bonds is 7. The predicted molar refractivity (Wildman–Crippen MR) is 93.8 cm³/mol. The number of esters is 1. The van der Waals surface area contributed by atoms with Crippen molar-refractivity contribution in [1.82, 2.24) is 10.0 Å². The molecule has 2 aromatic rings. The van der Waals surface area contributed by atoms with E-state index in [0.717, 1.165) is 4.88 Å². The highest BCUT2D eigenvalue weighted by Crippen LogP contribution is 2.18. The van der Waals surface area contributed by atoms with Crippen LogP contribution in [0.2, 0.25) is 0 Å². The topological polar surface area (TPSA) is 102 Å². The average molecular weight is 382 g/mol. The molecule has 0 unspecified atom stereocenters. The lowest BCUT2D eigenvalue weighted by molar-refractivity contribution is -0.124. The largest absolute Gasteiger partial charge is 0.452 e. The summed E-state index contributed by atoms with van der Waals surface area (Å²) in [5.41, 5.74) is 0.0513. The maximum Gasteiger partial charge on any atom is 0.338 e. The Hall–Kier alpha value is -2.23. The van der Waals surface area contributed by atoms with Gasteiger partial charge in [0.1, 0.15) is 0 Å². The monoisotopic (exact) mass is 382 g/mol. The van der Waals surface area contributed by atoms with Crippen LogP contribution in [0.15, 0.2) is 46.7 Å². The van der Waals surface area contributed by atoms with E-state index in [-0.39, 0.29) is 16.5 Å². The molecule has 7 nitrogen and oxygen atoms in total. The molecule has 1 aromatic carbocycles. The van der Waals surface area contributed by atoms with Crippen LogP contribution in [0.25, 0.3) is 0 Å². The number of ether oxygens (including phenoxy) is 1. The second-order valence-corrected chi connectivity index (χ2v) is 7.98. The summed E-state index contributed by atoms with van der Waals surface area (Å²) in [5.74, 6) is -1.21. The lowest BCUT2D eigenvalue weighted by atomic mass is 10.2. The van der Waals surface area contributed by atoms with Gasteiger partial charge >= 0.3 is 5.97 Å². The van der Waals surface area contributed by atoms with Crippen LogP contribution in [-0.4, -0.2) is 33.9 Å². The van der Waals surface area contributed by atoms with Gasteiger partial charge in [-0.2, -0.15) is 0 Å². The molecule has 9 heteroatoms. The van der Waals surface area contributed by atoms with Gasteiger partial charge < -0.3 is 10.1 Å². The van der Waals surface area contributed by atoms with Gasteiger partial charge in [-0.1, -0.05) is 12.1 Å². The van der Waals surface area contributed by atoms with Crippen molar-refractivity contribution in [3.05, 3.63) is 52.2 Å². The van der Waals surface area contributed by atoms with Crippen LogP contribution >= 0.6 is 11.3 Å². The number of carbonyl (C=O) groups excluding carboxylic acids is 2. The second-order valence-electron chi connectivity index (χ2n) is 5.12. The number of benzene rings is 1. The molecule has 2 rings (SSSR count). The Kier molecular flexibility index (Phi) is 6.29. The van der Waals surface area contributed by atoms with E-state index in [1.54, 1.807) is 0 Å². The van der Waals surface area contributed by atoms with Gasteiger partial charge in [-0.25, -0.2) is 17.9 Å². The van der Waals surface area contributed by atoms with Crippen LogP contribution in [0.4, 0.5) is 0 Å². The zero-order valence-corrected chi connectivity index (χ0v) is 15.3. The molecule has 0 fully saturated rings. The van der Waals surface area contributed by atoms with Gasteiger partial charge in [-0.15, -0.1) is 11.3 Å². The molecule has 1 aromatic heterocycles. The van der Waals surface area contributed by atoms with E-state index in [4.69, 9.17) is 4.74 Å². The third kappa shape index (κ3) is 5.12. The minimum Gasteiger partial charge on any atom is -0.452 e. The number of amides is 1. The third-order valence-electron chi connectivity index (χ3n) is 3.33. The lowest BCUT2D eigenvalue weighted by Crippen LogP contribution is -2.30. The molecule has 0 aliphatic carbocycles. The summed E-state index contributed by atoms with van der Waals surface area (Å²) in [7, 11) is -2.39. The summed E-state index contributed by atoms with van der Waals surface area (Å²) < 4.78 is 30.6. The molecule has 0 aliphatic rings. The SMILES string of the molecule is CNS(=O)(=O)c1cccc(C(=O)OCC(=O)N[C@H](C)c2cccs2)c1. The Morgan fingerprint density at radius 3 is 2.64 bits per heavy atom. The zero-order valence-electron chi connectivity index (χ0n) is 13.7. The fourth-order valence-corrected chi connectivity index (χ4v) is 3.52. The van der Waals surface area contributed by atoms with Crippen molar-refractivity contribution in [1.29, 1.82) is 0 Å². The molecule has 0 saturated heterocycles. The second kappa shape index (κ2) is 8.24. The quantitative estimate of drug-likeness (QED) is 0.710. The molecule has 0 saturated carbocycles. The predicted octanol–water partition coefficient (Wildman–Crippen LogP) is 1.69. The van der Waals surface area contributed by atoms with Crippen molar-refractivity contribution < 1.29 is 22.7 Å². The molecule has 2 N–H and O–H groups in total. The van der Waals surface area contributed by atoms with Crippen LogP contribution in [0, 0.1) is 0 Å². The number of sulfonamides is 1. The Morgan fingerprint density at radius 1 is 1.24 bits per heavy atom. The van der Waals surface area contributed by atoms with Crippen molar-refractivity contribution in [2.24, 2.45) is 0 Å². The minimum absolute atomic E-state index is 0.0513. The Balaban J connectivity index is 1.94. The molecule has 0 spiro atoms. The Labute approximate surface area is 150 Å². The standard InChI is InChI=1S/C16H18N2O5S2/c1-11(14-7-4-8-24-14)18-15(19)10-23-16(20)12-5-3-6-13(9-12)25(21,22)17-2/h3-9,11,17H,10H2,1-2H3,(H,18,19)/t11-/m1/s1. The number of carbonyl (C=O) groups is 2. The summed E-state index contributed by atoms with van der Waals surface area (Å²) in [6.45, 7) is 1.38. The van der Waals surface area contributed by atoms with Gasteiger partial charge in [-0.05, 0) is 43.6 Å². The van der Waals surface area contributed by atoms with Crippen LogP contribution in [-0.2, 0) is 19.6 Å². The summed E-state index contributed by atoms with van der Waals surface area (Å²) in [4.78, 5) is 24.8. The highest BCUT2D eigenvalue weighted by Gasteiger charge is 2.17. The maximum absolute atomic E-state index is 12.0.